The minimum Gasteiger partial charge on any atom is -0.504 e. The zero-order valence-corrected chi connectivity index (χ0v) is 6.77. The van der Waals surface area contributed by atoms with Crippen LogP contribution in [0.5, 0.6) is 11.5 Å². The molecule has 0 saturated carbocycles. The third-order valence-electron chi connectivity index (χ3n) is 1.47. The van der Waals surface area contributed by atoms with Crippen LogP contribution >= 0.6 is 0 Å². The highest BCUT2D eigenvalue weighted by molar-refractivity contribution is 5.90. The Balaban J connectivity index is 3.02. The molecule has 4 N–H and O–H groups in total. The summed E-state index contributed by atoms with van der Waals surface area (Å²) in [5, 5.41) is 18.3. The summed E-state index contributed by atoms with van der Waals surface area (Å²) in [4.78, 5) is 10.4. The van der Waals surface area contributed by atoms with E-state index in [9.17, 15) is 9.90 Å². The molecule has 0 bridgehead atoms. The fourth-order valence-electron chi connectivity index (χ4n) is 0.855. The largest absolute Gasteiger partial charge is 0.504 e. The van der Waals surface area contributed by atoms with Crippen molar-refractivity contribution in [1.29, 1.82) is 0 Å². The topological polar surface area (TPSA) is 83.6 Å². The number of hydrogen-bond acceptors (Lipinski definition) is 3. The maximum Gasteiger partial charge on any atom is 0.241 e. The van der Waals surface area contributed by atoms with Gasteiger partial charge in [0.2, 0.25) is 5.91 Å². The molecule has 1 aromatic rings. The normalized spacial score (nSPS) is 10.5. The molecule has 1 rings (SSSR count). The highest BCUT2D eigenvalue weighted by Gasteiger charge is 2.01. The van der Waals surface area contributed by atoms with E-state index in [4.69, 9.17) is 10.8 Å². The minimum absolute atomic E-state index is 0.230. The average molecular weight is 179 g/mol. The lowest BCUT2D eigenvalue weighted by molar-refractivity contribution is -0.113. The van der Waals surface area contributed by atoms with Gasteiger partial charge in [-0.05, 0) is 12.1 Å². The van der Waals surface area contributed by atoms with Crippen LogP contribution in [-0.2, 0) is 4.79 Å². The van der Waals surface area contributed by atoms with Gasteiger partial charge in [-0.3, -0.25) is 4.79 Å². The fourth-order valence-corrected chi connectivity index (χ4v) is 0.855. The molecular formula is C9H9NO3. The standard InChI is InChI=1S/C9H9NO3/c10-8(12)5-4-6-2-1-3-7(11)9(6)13/h1-5,11,13H,(H2,10,12)/b5-4+. The van der Waals surface area contributed by atoms with Crippen molar-refractivity contribution in [1.82, 2.24) is 0 Å². The summed E-state index contributed by atoms with van der Waals surface area (Å²) in [6, 6.07) is 4.45. The molecule has 0 heterocycles. The lowest BCUT2D eigenvalue weighted by Crippen LogP contribution is -2.05. The second kappa shape index (κ2) is 3.62. The third kappa shape index (κ3) is 2.23. The van der Waals surface area contributed by atoms with Crippen LogP contribution in [0.3, 0.4) is 0 Å². The summed E-state index contributed by atoms with van der Waals surface area (Å²) in [5.41, 5.74) is 5.20. The van der Waals surface area contributed by atoms with Crippen LogP contribution in [0.25, 0.3) is 6.08 Å². The Bertz CT molecular complexity index is 358. The van der Waals surface area contributed by atoms with Gasteiger partial charge in [0.15, 0.2) is 11.5 Å². The van der Waals surface area contributed by atoms with Crippen molar-refractivity contribution >= 4 is 12.0 Å². The predicted molar refractivity (Wildman–Crippen MR) is 48.0 cm³/mol. The number of phenols is 2. The van der Waals surface area contributed by atoms with E-state index in [0.717, 1.165) is 6.08 Å². The zero-order chi connectivity index (χ0) is 9.84. The van der Waals surface area contributed by atoms with Crippen molar-refractivity contribution in [2.45, 2.75) is 0 Å². The van der Waals surface area contributed by atoms with Gasteiger partial charge in [0.1, 0.15) is 0 Å². The number of para-hydroxylation sites is 1. The van der Waals surface area contributed by atoms with Crippen LogP contribution in [0.4, 0.5) is 0 Å². The van der Waals surface area contributed by atoms with Gasteiger partial charge in [0.05, 0.1) is 0 Å². The molecule has 0 aliphatic carbocycles. The van der Waals surface area contributed by atoms with E-state index >= 15 is 0 Å². The quantitative estimate of drug-likeness (QED) is 0.459. The molecule has 1 aromatic carbocycles. The number of carbonyl (C=O) groups excluding carboxylic acids is 1. The second-order valence-electron chi connectivity index (χ2n) is 2.45. The van der Waals surface area contributed by atoms with Gasteiger partial charge >= 0.3 is 0 Å². The first kappa shape index (κ1) is 9.12. The molecule has 0 atom stereocenters. The van der Waals surface area contributed by atoms with Crippen molar-refractivity contribution in [3.8, 4) is 11.5 Å². The SMILES string of the molecule is NC(=O)/C=C/c1cccc(O)c1O. The number of aromatic hydroxyl groups is 2. The molecule has 1 amide bonds. The monoisotopic (exact) mass is 179 g/mol. The molecule has 13 heavy (non-hydrogen) atoms. The number of primary amides is 1. The van der Waals surface area contributed by atoms with E-state index in [0.29, 0.717) is 5.56 Å². The molecular weight excluding hydrogens is 170 g/mol. The number of benzene rings is 1. The van der Waals surface area contributed by atoms with Gasteiger partial charge in [-0.1, -0.05) is 12.1 Å². The van der Waals surface area contributed by atoms with Gasteiger partial charge in [-0.15, -0.1) is 0 Å². The maximum absolute atomic E-state index is 10.4. The van der Waals surface area contributed by atoms with Gasteiger partial charge < -0.3 is 15.9 Å². The number of nitrogens with two attached hydrogens (primary N) is 1. The van der Waals surface area contributed by atoms with E-state index in [1.165, 1.54) is 12.1 Å². The van der Waals surface area contributed by atoms with Crippen LogP contribution in [0.2, 0.25) is 0 Å². The molecule has 0 aliphatic rings. The van der Waals surface area contributed by atoms with Crippen molar-refractivity contribution < 1.29 is 15.0 Å². The van der Waals surface area contributed by atoms with Crippen LogP contribution in [0.1, 0.15) is 5.56 Å². The molecule has 0 spiro atoms. The highest BCUT2D eigenvalue weighted by atomic mass is 16.3. The number of carbonyl (C=O) groups is 1. The first-order valence-electron chi connectivity index (χ1n) is 3.59. The molecule has 4 nitrogen and oxygen atoms in total. The maximum atomic E-state index is 10.4. The van der Waals surface area contributed by atoms with Crippen molar-refractivity contribution in [2.24, 2.45) is 5.73 Å². The summed E-state index contributed by atoms with van der Waals surface area (Å²) in [5.74, 6) is -1.10. The molecule has 4 heteroatoms. The fraction of sp³-hybridized carbons (Fsp3) is 0. The van der Waals surface area contributed by atoms with Gasteiger partial charge in [-0.25, -0.2) is 0 Å². The van der Waals surface area contributed by atoms with E-state index in [1.807, 2.05) is 0 Å². The number of rotatable bonds is 2. The number of amides is 1. The first-order chi connectivity index (χ1) is 6.11. The summed E-state index contributed by atoms with van der Waals surface area (Å²) in [6.45, 7) is 0. The molecule has 0 unspecified atom stereocenters. The van der Waals surface area contributed by atoms with Crippen molar-refractivity contribution in [2.75, 3.05) is 0 Å². The Morgan fingerprint density at radius 2 is 2.08 bits per heavy atom. The van der Waals surface area contributed by atoms with Crippen LogP contribution in [0, 0.1) is 0 Å². The van der Waals surface area contributed by atoms with Crippen molar-refractivity contribution in [3.63, 3.8) is 0 Å². The smallest absolute Gasteiger partial charge is 0.241 e. The molecule has 0 aromatic heterocycles. The summed E-state index contributed by atoms with van der Waals surface area (Å²) >= 11 is 0. The third-order valence-corrected chi connectivity index (χ3v) is 1.47. The lowest BCUT2D eigenvalue weighted by atomic mass is 10.1. The minimum atomic E-state index is -0.609. The van der Waals surface area contributed by atoms with Crippen LogP contribution < -0.4 is 5.73 Å². The Kier molecular flexibility index (Phi) is 2.54. The lowest BCUT2D eigenvalue weighted by Gasteiger charge is -1.99. The van der Waals surface area contributed by atoms with Gasteiger partial charge in [0, 0.05) is 11.6 Å². The number of phenolic OH excluding ortho intramolecular Hbond substituents is 2. The molecule has 0 saturated heterocycles. The van der Waals surface area contributed by atoms with Gasteiger partial charge in [-0.2, -0.15) is 0 Å². The molecule has 68 valence electrons. The Labute approximate surface area is 74.9 Å². The average Bonchev–Trinajstić information content (AvgIpc) is 2.07. The Morgan fingerprint density at radius 1 is 1.38 bits per heavy atom. The summed E-state index contributed by atoms with van der Waals surface area (Å²) in [6.07, 6.45) is 2.44. The van der Waals surface area contributed by atoms with E-state index in [2.05, 4.69) is 0 Å². The molecule has 0 radical (unpaired) electrons. The Hall–Kier alpha value is -1.97. The first-order valence-corrected chi connectivity index (χ1v) is 3.59. The van der Waals surface area contributed by atoms with Crippen molar-refractivity contribution in [3.05, 3.63) is 29.8 Å². The predicted octanol–water partition coefficient (Wildman–Crippen LogP) is 0.596. The van der Waals surface area contributed by atoms with E-state index in [1.54, 1.807) is 12.1 Å². The molecule has 0 fully saturated rings. The number of hydrogen-bond donors (Lipinski definition) is 3. The van der Waals surface area contributed by atoms with Gasteiger partial charge in [0.25, 0.3) is 0 Å². The zero-order valence-electron chi connectivity index (χ0n) is 6.77. The Morgan fingerprint density at radius 3 is 2.69 bits per heavy atom. The summed E-state index contributed by atoms with van der Waals surface area (Å²) < 4.78 is 0. The molecule has 0 aliphatic heterocycles. The second-order valence-corrected chi connectivity index (χ2v) is 2.45. The van der Waals surface area contributed by atoms with Crippen LogP contribution in [0.15, 0.2) is 24.3 Å². The van der Waals surface area contributed by atoms with E-state index in [-0.39, 0.29) is 11.5 Å². The van der Waals surface area contributed by atoms with E-state index < -0.39 is 5.91 Å². The summed E-state index contributed by atoms with van der Waals surface area (Å²) in [7, 11) is 0. The van der Waals surface area contributed by atoms with Crippen LogP contribution in [-0.4, -0.2) is 16.1 Å². The highest BCUT2D eigenvalue weighted by Crippen LogP contribution is 2.28.